The second kappa shape index (κ2) is 4.59. The van der Waals surface area contributed by atoms with Gasteiger partial charge < -0.3 is 9.73 Å². The molecule has 0 unspecified atom stereocenters. The third kappa shape index (κ3) is 3.09. The summed E-state index contributed by atoms with van der Waals surface area (Å²) in [5.41, 5.74) is 0. The van der Waals surface area contributed by atoms with E-state index in [4.69, 9.17) is 4.42 Å². The van der Waals surface area contributed by atoms with Crippen molar-refractivity contribution in [3.63, 3.8) is 0 Å². The normalized spacial score (nSPS) is 13.0. The van der Waals surface area contributed by atoms with E-state index in [9.17, 15) is 8.42 Å². The lowest BCUT2D eigenvalue weighted by atomic mass is 10.3. The third-order valence-electron chi connectivity index (χ3n) is 2.33. The van der Waals surface area contributed by atoms with Crippen LogP contribution in [0.2, 0.25) is 0 Å². The summed E-state index contributed by atoms with van der Waals surface area (Å²) in [4.78, 5) is 0. The highest BCUT2D eigenvalue weighted by Crippen LogP contribution is 2.21. The van der Waals surface area contributed by atoms with E-state index in [1.54, 1.807) is 32.9 Å². The van der Waals surface area contributed by atoms with Crippen LogP contribution in [0.3, 0.4) is 0 Å². The van der Waals surface area contributed by atoms with Crippen LogP contribution < -0.4 is 5.32 Å². The average Bonchev–Trinajstić information content (AvgIpc) is 2.50. The highest BCUT2D eigenvalue weighted by Gasteiger charge is 2.30. The molecule has 0 amide bonds. The highest BCUT2D eigenvalue weighted by atomic mass is 32.2. The minimum Gasteiger partial charge on any atom is -0.464 e. The summed E-state index contributed by atoms with van der Waals surface area (Å²) in [5.74, 6) is 1.21. The average molecular weight is 245 g/mol. The second-order valence-corrected chi connectivity index (χ2v) is 7.51. The van der Waals surface area contributed by atoms with Crippen LogP contribution in [0.25, 0.3) is 0 Å². The molecule has 92 valence electrons. The molecule has 0 fully saturated rings. The maximum absolute atomic E-state index is 11.9. The lowest BCUT2D eigenvalue weighted by Crippen LogP contribution is -2.29. The zero-order valence-corrected chi connectivity index (χ0v) is 11.0. The summed E-state index contributed by atoms with van der Waals surface area (Å²) in [7, 11) is -1.35. The Kier molecular flexibility index (Phi) is 3.80. The summed E-state index contributed by atoms with van der Waals surface area (Å²) < 4.78 is 28.5. The molecule has 0 bridgehead atoms. The van der Waals surface area contributed by atoms with Crippen molar-refractivity contribution in [1.82, 2.24) is 5.32 Å². The summed E-state index contributed by atoms with van der Waals surface area (Å²) in [6, 6.07) is 3.51. The first-order chi connectivity index (χ1) is 7.26. The van der Waals surface area contributed by atoms with Crippen LogP contribution in [0.1, 0.15) is 32.3 Å². The van der Waals surface area contributed by atoms with Gasteiger partial charge in [-0.05, 0) is 40.0 Å². The first-order valence-corrected chi connectivity index (χ1v) is 6.86. The standard InChI is InChI=1S/C11H19NO3S/c1-11(2,3)16(13,14)8-10-6-5-9(15-10)7-12-4/h5-6,12H,7-8H2,1-4H3. The van der Waals surface area contributed by atoms with Crippen LogP contribution >= 0.6 is 0 Å². The Bertz CT molecular complexity index is 440. The number of furan rings is 1. The van der Waals surface area contributed by atoms with E-state index in [1.165, 1.54) is 0 Å². The van der Waals surface area contributed by atoms with Crippen LogP contribution in [0.4, 0.5) is 0 Å². The van der Waals surface area contributed by atoms with Crippen LogP contribution in [0.5, 0.6) is 0 Å². The predicted octanol–water partition coefficient (Wildman–Crippen LogP) is 1.71. The molecule has 0 saturated heterocycles. The van der Waals surface area contributed by atoms with Crippen molar-refractivity contribution in [3.8, 4) is 0 Å². The first-order valence-electron chi connectivity index (χ1n) is 5.21. The van der Waals surface area contributed by atoms with Gasteiger partial charge in [0, 0.05) is 0 Å². The number of rotatable bonds is 4. The number of sulfone groups is 1. The van der Waals surface area contributed by atoms with Gasteiger partial charge in [0.05, 0.1) is 11.3 Å². The van der Waals surface area contributed by atoms with Crippen LogP contribution in [-0.4, -0.2) is 20.2 Å². The Balaban J connectivity index is 2.81. The van der Waals surface area contributed by atoms with Gasteiger partial charge in [0.15, 0.2) is 9.84 Å². The molecule has 1 heterocycles. The molecule has 1 aromatic heterocycles. The molecule has 5 heteroatoms. The van der Waals surface area contributed by atoms with Crippen molar-refractivity contribution in [2.45, 2.75) is 37.8 Å². The number of hydrogen-bond donors (Lipinski definition) is 1. The smallest absolute Gasteiger partial charge is 0.162 e. The van der Waals surface area contributed by atoms with E-state index in [2.05, 4.69) is 5.32 Å². The molecular weight excluding hydrogens is 226 g/mol. The summed E-state index contributed by atoms with van der Waals surface area (Å²) in [6.07, 6.45) is 0. The predicted molar refractivity (Wildman–Crippen MR) is 63.8 cm³/mol. The molecule has 0 saturated carbocycles. The molecule has 1 aromatic rings. The summed E-state index contributed by atoms with van der Waals surface area (Å²) in [5, 5.41) is 2.95. The van der Waals surface area contributed by atoms with E-state index in [0.717, 1.165) is 5.76 Å². The Hall–Kier alpha value is -0.810. The van der Waals surface area contributed by atoms with Crippen molar-refractivity contribution in [1.29, 1.82) is 0 Å². The topological polar surface area (TPSA) is 59.3 Å². The van der Waals surface area contributed by atoms with E-state index >= 15 is 0 Å². The van der Waals surface area contributed by atoms with Crippen molar-refractivity contribution in [2.75, 3.05) is 7.05 Å². The number of nitrogens with one attached hydrogen (secondary N) is 1. The summed E-state index contributed by atoms with van der Waals surface area (Å²) in [6.45, 7) is 5.69. The zero-order valence-electron chi connectivity index (χ0n) is 10.2. The van der Waals surface area contributed by atoms with E-state index in [-0.39, 0.29) is 5.75 Å². The maximum atomic E-state index is 11.9. The third-order valence-corrected chi connectivity index (χ3v) is 4.86. The van der Waals surface area contributed by atoms with Crippen molar-refractivity contribution in [2.24, 2.45) is 0 Å². The van der Waals surface area contributed by atoms with E-state index < -0.39 is 14.6 Å². The second-order valence-electron chi connectivity index (χ2n) is 4.77. The van der Waals surface area contributed by atoms with Gasteiger partial charge in [-0.3, -0.25) is 0 Å². The highest BCUT2D eigenvalue weighted by molar-refractivity contribution is 7.91. The lowest BCUT2D eigenvalue weighted by molar-refractivity contribution is 0.462. The fourth-order valence-corrected chi connectivity index (χ4v) is 2.14. The van der Waals surface area contributed by atoms with Gasteiger partial charge in [0.25, 0.3) is 0 Å². The van der Waals surface area contributed by atoms with Crippen molar-refractivity contribution >= 4 is 9.84 Å². The molecule has 0 aliphatic heterocycles. The molecule has 0 radical (unpaired) electrons. The Labute approximate surface area is 97.0 Å². The number of hydrogen-bond acceptors (Lipinski definition) is 4. The fourth-order valence-electron chi connectivity index (χ4n) is 1.17. The van der Waals surface area contributed by atoms with Crippen molar-refractivity contribution < 1.29 is 12.8 Å². The van der Waals surface area contributed by atoms with Gasteiger partial charge in [0.2, 0.25) is 0 Å². The fraction of sp³-hybridized carbons (Fsp3) is 0.636. The Morgan fingerprint density at radius 3 is 2.31 bits per heavy atom. The van der Waals surface area contributed by atoms with Crippen LogP contribution in [-0.2, 0) is 22.1 Å². The molecule has 0 aliphatic carbocycles. The molecule has 0 aliphatic rings. The maximum Gasteiger partial charge on any atom is 0.162 e. The van der Waals surface area contributed by atoms with Gasteiger partial charge in [-0.1, -0.05) is 0 Å². The molecule has 16 heavy (non-hydrogen) atoms. The summed E-state index contributed by atoms with van der Waals surface area (Å²) >= 11 is 0. The van der Waals surface area contributed by atoms with Crippen LogP contribution in [0.15, 0.2) is 16.5 Å². The van der Waals surface area contributed by atoms with E-state index in [0.29, 0.717) is 12.3 Å². The molecule has 0 atom stereocenters. The molecule has 0 spiro atoms. The molecule has 0 aromatic carbocycles. The molecule has 1 N–H and O–H groups in total. The van der Waals surface area contributed by atoms with Gasteiger partial charge >= 0.3 is 0 Å². The monoisotopic (exact) mass is 245 g/mol. The molecular formula is C11H19NO3S. The molecule has 1 rings (SSSR count). The van der Waals surface area contributed by atoms with Crippen LogP contribution in [0, 0.1) is 0 Å². The minimum atomic E-state index is -3.17. The van der Waals surface area contributed by atoms with Gasteiger partial charge in [0.1, 0.15) is 17.3 Å². The Morgan fingerprint density at radius 2 is 1.81 bits per heavy atom. The lowest BCUT2D eigenvalue weighted by Gasteiger charge is -2.17. The minimum absolute atomic E-state index is 0.0415. The van der Waals surface area contributed by atoms with Gasteiger partial charge in [-0.2, -0.15) is 0 Å². The first kappa shape index (κ1) is 13.3. The SMILES string of the molecule is CNCc1ccc(CS(=O)(=O)C(C)(C)C)o1. The van der Waals surface area contributed by atoms with Crippen molar-refractivity contribution in [3.05, 3.63) is 23.7 Å². The van der Waals surface area contributed by atoms with E-state index in [1.807, 2.05) is 7.05 Å². The quantitative estimate of drug-likeness (QED) is 0.877. The Morgan fingerprint density at radius 1 is 1.25 bits per heavy atom. The largest absolute Gasteiger partial charge is 0.464 e. The van der Waals surface area contributed by atoms with Gasteiger partial charge in [-0.25, -0.2) is 8.42 Å². The molecule has 4 nitrogen and oxygen atoms in total. The zero-order chi connectivity index (χ0) is 12.4. The van der Waals surface area contributed by atoms with Gasteiger partial charge in [-0.15, -0.1) is 0 Å².